The van der Waals surface area contributed by atoms with E-state index in [1.54, 1.807) is 0 Å². The summed E-state index contributed by atoms with van der Waals surface area (Å²) in [6, 6.07) is 0.643. The molecule has 4 atom stereocenters. The Kier molecular flexibility index (Phi) is 2.33. The number of rotatable bonds is 1. The number of nitrogens with one attached hydrogen (secondary N) is 1. The normalized spacial score (nSPS) is 48.4. The molecule has 0 spiro atoms. The zero-order chi connectivity index (χ0) is 10.5. The molecule has 0 aromatic heterocycles. The predicted octanol–water partition coefficient (Wildman–Crippen LogP) is 2.05. The van der Waals surface area contributed by atoms with Gasteiger partial charge in [0.15, 0.2) is 0 Å². The van der Waals surface area contributed by atoms with Gasteiger partial charge in [-0.25, -0.2) is 0 Å². The van der Waals surface area contributed by atoms with Crippen molar-refractivity contribution in [2.24, 2.45) is 23.2 Å². The van der Waals surface area contributed by atoms with Crippen LogP contribution in [0.1, 0.15) is 33.1 Å². The fourth-order valence-corrected chi connectivity index (χ4v) is 4.21. The summed E-state index contributed by atoms with van der Waals surface area (Å²) in [4.78, 5) is 0. The molecule has 2 heteroatoms. The van der Waals surface area contributed by atoms with Crippen LogP contribution in [0, 0.1) is 23.2 Å². The van der Waals surface area contributed by atoms with E-state index < -0.39 is 0 Å². The van der Waals surface area contributed by atoms with Gasteiger partial charge in [-0.1, -0.05) is 13.8 Å². The largest absolute Gasteiger partial charge is 0.379 e. The van der Waals surface area contributed by atoms with Crippen LogP contribution in [0.3, 0.4) is 0 Å². The molecule has 1 heterocycles. The summed E-state index contributed by atoms with van der Waals surface area (Å²) in [5.74, 6) is 2.85. The van der Waals surface area contributed by atoms with Crippen molar-refractivity contribution < 1.29 is 4.74 Å². The molecule has 2 bridgehead atoms. The molecule has 0 aromatic carbocycles. The summed E-state index contributed by atoms with van der Waals surface area (Å²) in [5, 5.41) is 3.66. The molecular weight excluding hydrogens is 186 g/mol. The summed E-state index contributed by atoms with van der Waals surface area (Å²) in [6.07, 6.45) is 4.36. The lowest BCUT2D eigenvalue weighted by Gasteiger charge is -2.61. The summed E-state index contributed by atoms with van der Waals surface area (Å²) in [5.41, 5.74) is 0.613. The van der Waals surface area contributed by atoms with E-state index in [4.69, 9.17) is 4.74 Å². The Morgan fingerprint density at radius 2 is 2.13 bits per heavy atom. The lowest BCUT2D eigenvalue weighted by molar-refractivity contribution is -0.124. The first-order valence-corrected chi connectivity index (χ1v) is 6.50. The molecule has 3 saturated carbocycles. The predicted molar refractivity (Wildman–Crippen MR) is 60.7 cm³/mol. The minimum atomic E-state index is 0.613. The van der Waals surface area contributed by atoms with E-state index >= 15 is 0 Å². The molecule has 0 radical (unpaired) electrons. The van der Waals surface area contributed by atoms with Crippen LogP contribution in [0.15, 0.2) is 0 Å². The topological polar surface area (TPSA) is 21.3 Å². The van der Waals surface area contributed by atoms with Crippen LogP contribution in [-0.2, 0) is 4.74 Å². The van der Waals surface area contributed by atoms with Crippen LogP contribution in [0.4, 0.5) is 0 Å². The minimum Gasteiger partial charge on any atom is -0.379 e. The highest BCUT2D eigenvalue weighted by Gasteiger charge is 2.55. The quantitative estimate of drug-likeness (QED) is 0.713. The van der Waals surface area contributed by atoms with Crippen molar-refractivity contribution in [3.05, 3.63) is 0 Å². The fourth-order valence-electron chi connectivity index (χ4n) is 4.21. The smallest absolute Gasteiger partial charge is 0.0623 e. The Morgan fingerprint density at radius 1 is 1.27 bits per heavy atom. The third-order valence-corrected chi connectivity index (χ3v) is 5.38. The molecule has 2 nitrogen and oxygen atoms in total. The van der Waals surface area contributed by atoms with Crippen molar-refractivity contribution in [2.45, 2.75) is 39.2 Å². The van der Waals surface area contributed by atoms with E-state index in [1.165, 1.54) is 19.3 Å². The standard InChI is InChI=1S/C13H23NO/c1-13(2)9-3-4-10(11(13)7-9)12-8-15-6-5-14-12/h9-12,14H,3-8H2,1-2H3. The molecule has 4 fully saturated rings. The highest BCUT2D eigenvalue weighted by molar-refractivity contribution is 5.05. The zero-order valence-corrected chi connectivity index (χ0v) is 9.96. The van der Waals surface area contributed by atoms with E-state index in [0.717, 1.165) is 37.5 Å². The second-order valence-corrected chi connectivity index (χ2v) is 6.24. The Morgan fingerprint density at radius 3 is 2.73 bits per heavy atom. The second-order valence-electron chi connectivity index (χ2n) is 6.24. The summed E-state index contributed by atoms with van der Waals surface area (Å²) < 4.78 is 5.61. The molecule has 15 heavy (non-hydrogen) atoms. The van der Waals surface area contributed by atoms with Crippen molar-refractivity contribution >= 4 is 0 Å². The number of hydrogen-bond acceptors (Lipinski definition) is 2. The lowest BCUT2D eigenvalue weighted by atomic mass is 9.44. The zero-order valence-electron chi connectivity index (χ0n) is 9.96. The molecule has 1 aliphatic heterocycles. The molecule has 4 aliphatic rings. The van der Waals surface area contributed by atoms with E-state index in [2.05, 4.69) is 19.2 Å². The van der Waals surface area contributed by atoms with Crippen LogP contribution >= 0.6 is 0 Å². The first kappa shape index (κ1) is 10.1. The van der Waals surface area contributed by atoms with Gasteiger partial charge in [-0.15, -0.1) is 0 Å². The van der Waals surface area contributed by atoms with Gasteiger partial charge in [0.1, 0.15) is 0 Å². The minimum absolute atomic E-state index is 0.613. The van der Waals surface area contributed by atoms with Gasteiger partial charge in [-0.3, -0.25) is 0 Å². The van der Waals surface area contributed by atoms with Crippen LogP contribution < -0.4 is 5.32 Å². The monoisotopic (exact) mass is 209 g/mol. The molecule has 3 aliphatic carbocycles. The maximum absolute atomic E-state index is 5.61. The highest BCUT2D eigenvalue weighted by Crippen LogP contribution is 2.61. The lowest BCUT2D eigenvalue weighted by Crippen LogP contribution is -2.59. The SMILES string of the molecule is CC1(C)C2CCC(C3COCCN3)C1C2. The first-order chi connectivity index (χ1) is 7.19. The van der Waals surface area contributed by atoms with Gasteiger partial charge < -0.3 is 10.1 Å². The molecule has 4 rings (SSSR count). The third-order valence-electron chi connectivity index (χ3n) is 5.38. The van der Waals surface area contributed by atoms with Crippen molar-refractivity contribution in [3.8, 4) is 0 Å². The Bertz CT molecular complexity index is 243. The van der Waals surface area contributed by atoms with Gasteiger partial charge in [0, 0.05) is 12.6 Å². The van der Waals surface area contributed by atoms with E-state index in [-0.39, 0.29) is 0 Å². The molecule has 4 unspecified atom stereocenters. The van der Waals surface area contributed by atoms with Gasteiger partial charge in [0.2, 0.25) is 0 Å². The van der Waals surface area contributed by atoms with Crippen LogP contribution in [0.25, 0.3) is 0 Å². The molecule has 0 amide bonds. The van der Waals surface area contributed by atoms with E-state index in [1.807, 2.05) is 0 Å². The van der Waals surface area contributed by atoms with E-state index in [0.29, 0.717) is 11.5 Å². The summed E-state index contributed by atoms with van der Waals surface area (Å²) in [6.45, 7) is 7.85. The Labute approximate surface area is 92.8 Å². The van der Waals surface area contributed by atoms with Crippen molar-refractivity contribution in [1.82, 2.24) is 5.32 Å². The van der Waals surface area contributed by atoms with Crippen molar-refractivity contribution in [2.75, 3.05) is 19.8 Å². The van der Waals surface area contributed by atoms with Gasteiger partial charge >= 0.3 is 0 Å². The molecule has 0 aromatic rings. The molecule has 86 valence electrons. The molecule has 1 N–H and O–H groups in total. The number of hydrogen-bond donors (Lipinski definition) is 1. The second kappa shape index (κ2) is 3.46. The van der Waals surface area contributed by atoms with Gasteiger partial charge in [0.25, 0.3) is 0 Å². The van der Waals surface area contributed by atoms with Gasteiger partial charge in [-0.05, 0) is 42.4 Å². The average molecular weight is 209 g/mol. The first-order valence-electron chi connectivity index (χ1n) is 6.50. The average Bonchev–Trinajstić information content (AvgIpc) is 2.30. The number of ether oxygens (including phenoxy) is 1. The van der Waals surface area contributed by atoms with Crippen molar-refractivity contribution in [1.29, 1.82) is 0 Å². The maximum atomic E-state index is 5.61. The Balaban J connectivity index is 1.70. The number of morpholine rings is 1. The Hall–Kier alpha value is -0.0800. The maximum Gasteiger partial charge on any atom is 0.0623 e. The van der Waals surface area contributed by atoms with Gasteiger partial charge in [-0.2, -0.15) is 0 Å². The fraction of sp³-hybridized carbons (Fsp3) is 1.00. The van der Waals surface area contributed by atoms with Crippen LogP contribution in [0.5, 0.6) is 0 Å². The molecule has 1 saturated heterocycles. The van der Waals surface area contributed by atoms with Gasteiger partial charge in [0.05, 0.1) is 13.2 Å². The number of fused-ring (bicyclic) bond motifs is 2. The van der Waals surface area contributed by atoms with Crippen molar-refractivity contribution in [3.63, 3.8) is 0 Å². The van der Waals surface area contributed by atoms with Crippen LogP contribution in [-0.4, -0.2) is 25.8 Å². The summed E-state index contributed by atoms with van der Waals surface area (Å²) >= 11 is 0. The molecular formula is C13H23NO. The van der Waals surface area contributed by atoms with Crippen LogP contribution in [0.2, 0.25) is 0 Å². The highest BCUT2D eigenvalue weighted by atomic mass is 16.5. The van der Waals surface area contributed by atoms with E-state index in [9.17, 15) is 0 Å². The third kappa shape index (κ3) is 1.45. The summed E-state index contributed by atoms with van der Waals surface area (Å²) in [7, 11) is 0.